The van der Waals surface area contributed by atoms with Crippen LogP contribution in [0.15, 0.2) is 212 Å². The number of nitrogens with zero attached hydrogens (tertiary/aromatic N) is 1. The lowest BCUT2D eigenvalue weighted by Gasteiger charge is -2.29. The first-order valence-electron chi connectivity index (χ1n) is 22.0. The predicted molar refractivity (Wildman–Crippen MR) is 226 cm³/mol. The Morgan fingerprint density at radius 3 is 2.02 bits per heavy atom. The molecule has 2 nitrogen and oxygen atoms in total. The molecule has 2 atom stereocenters. The highest BCUT2D eigenvalue weighted by Crippen LogP contribution is 2.50. The summed E-state index contributed by atoms with van der Waals surface area (Å²) in [4.78, 5) is 1.43. The van der Waals surface area contributed by atoms with Crippen molar-refractivity contribution in [3.63, 3.8) is 0 Å². The van der Waals surface area contributed by atoms with Crippen molar-refractivity contribution in [2.24, 2.45) is 0 Å². The lowest BCUT2D eigenvalue weighted by molar-refractivity contribution is 0.270. The van der Waals surface area contributed by atoms with Crippen LogP contribution in [0.5, 0.6) is 5.75 Å². The number of hydrogen-bond acceptors (Lipinski definition) is 2. The molecule has 8 aromatic carbocycles. The van der Waals surface area contributed by atoms with Crippen LogP contribution in [0, 0.1) is 0 Å². The van der Waals surface area contributed by atoms with E-state index in [4.69, 9.17) is 4.74 Å². The van der Waals surface area contributed by atoms with Gasteiger partial charge >= 0.3 is 0 Å². The first-order chi connectivity index (χ1) is 30.1. The van der Waals surface area contributed by atoms with Crippen molar-refractivity contribution < 1.29 is 15.7 Å². The smallest absolute Gasteiger partial charge is 0.132 e. The molecule has 54 heavy (non-hydrogen) atoms. The molecule has 0 saturated heterocycles. The highest BCUT2D eigenvalue weighted by molar-refractivity contribution is 5.98. The summed E-state index contributed by atoms with van der Waals surface area (Å²) in [6, 6.07) is 40.6. The fourth-order valence-corrected chi connectivity index (χ4v) is 7.57. The zero-order chi connectivity index (χ0) is 42.8. The molecular weight excluding hydrogens is 655 g/mol. The quantitative estimate of drug-likeness (QED) is 0.164. The number of hydrogen-bond donors (Lipinski definition) is 0. The summed E-state index contributed by atoms with van der Waals surface area (Å²) in [6.07, 6.45) is 7.85. The van der Waals surface area contributed by atoms with Gasteiger partial charge in [0.2, 0.25) is 0 Å². The van der Waals surface area contributed by atoms with E-state index in [0.717, 1.165) is 27.5 Å². The third-order valence-corrected chi connectivity index (χ3v) is 10.2. The minimum Gasteiger partial charge on any atom is -0.484 e. The highest BCUT2D eigenvalue weighted by Gasteiger charge is 2.34. The van der Waals surface area contributed by atoms with Crippen LogP contribution in [0.4, 0.5) is 17.1 Å². The molecule has 0 spiro atoms. The molecule has 0 aromatic heterocycles. The van der Waals surface area contributed by atoms with E-state index < -0.39 is 24.2 Å². The topological polar surface area (TPSA) is 12.5 Å². The second-order valence-electron chi connectivity index (χ2n) is 13.4. The Bertz CT molecular complexity index is 3130. The van der Waals surface area contributed by atoms with Gasteiger partial charge in [-0.1, -0.05) is 176 Å². The molecule has 2 aliphatic rings. The van der Waals surface area contributed by atoms with Gasteiger partial charge in [-0.15, -0.1) is 0 Å². The van der Waals surface area contributed by atoms with Gasteiger partial charge in [0.1, 0.15) is 11.9 Å². The van der Waals surface area contributed by atoms with E-state index in [1.165, 1.54) is 4.90 Å². The molecule has 1 heterocycles. The summed E-state index contributed by atoms with van der Waals surface area (Å²) in [5, 5.41) is 1.62. The van der Waals surface area contributed by atoms with Crippen molar-refractivity contribution in [1.82, 2.24) is 0 Å². The summed E-state index contributed by atoms with van der Waals surface area (Å²) >= 11 is 0. The zero-order valence-corrected chi connectivity index (χ0v) is 29.1. The van der Waals surface area contributed by atoms with Crippen molar-refractivity contribution in [3.8, 4) is 50.3 Å². The number of ether oxygens (including phenoxy) is 1. The number of rotatable bonds is 7. The van der Waals surface area contributed by atoms with Gasteiger partial charge in [0.25, 0.3) is 0 Å². The number of fused-ring (bicyclic) bond motifs is 4. The van der Waals surface area contributed by atoms with Gasteiger partial charge < -0.3 is 9.64 Å². The first-order valence-corrected chi connectivity index (χ1v) is 18.0. The fraction of sp³-hybridized carbons (Fsp3) is 0.0385. The summed E-state index contributed by atoms with van der Waals surface area (Å²) in [5.41, 5.74) is 5.40. The standard InChI is InChI=1S/C52H37NO/c1-2-13-36(14-3-1)37-27-29-38(30-28-37)39-31-33-42(34-32-39)53(43-18-10-17-41(35-43)45-22-11-16-40-15-4-5-19-44(40)45)50-25-8-6-20-46(50)48-23-12-24-49-47-21-7-9-26-51(47)54-52(48)49/h1-35,47,51H/i10D,17D,18D,31D,32D,33D,34D,35D. The minimum atomic E-state index is -0.466. The zero-order valence-electron chi connectivity index (χ0n) is 37.1. The van der Waals surface area contributed by atoms with E-state index in [9.17, 15) is 11.0 Å². The first kappa shape index (κ1) is 24.4. The summed E-state index contributed by atoms with van der Waals surface area (Å²) in [5.74, 6) is 0.638. The van der Waals surface area contributed by atoms with Crippen molar-refractivity contribution in [3.05, 3.63) is 218 Å². The van der Waals surface area contributed by atoms with E-state index in [2.05, 4.69) is 6.08 Å². The molecule has 0 fully saturated rings. The van der Waals surface area contributed by atoms with Gasteiger partial charge in [-0.05, 0) is 80.5 Å². The van der Waals surface area contributed by atoms with Crippen LogP contribution in [0.2, 0.25) is 0 Å². The van der Waals surface area contributed by atoms with E-state index in [-0.39, 0.29) is 58.7 Å². The van der Waals surface area contributed by atoms with E-state index in [1.54, 1.807) is 30.3 Å². The molecule has 2 heteroatoms. The van der Waals surface area contributed by atoms with Crippen molar-refractivity contribution in [2.75, 3.05) is 4.90 Å². The summed E-state index contributed by atoms with van der Waals surface area (Å²) in [7, 11) is 0. The van der Waals surface area contributed by atoms with Crippen molar-refractivity contribution in [1.29, 1.82) is 0 Å². The molecule has 0 amide bonds. The maximum absolute atomic E-state index is 9.97. The average molecular weight is 700 g/mol. The maximum Gasteiger partial charge on any atom is 0.132 e. The Hall–Kier alpha value is -6.90. The Morgan fingerprint density at radius 1 is 0.481 bits per heavy atom. The van der Waals surface area contributed by atoms with Gasteiger partial charge in [0.05, 0.1) is 16.7 Å². The number of benzene rings is 8. The molecule has 1 aliphatic carbocycles. The van der Waals surface area contributed by atoms with Crippen LogP contribution in [-0.4, -0.2) is 6.10 Å². The molecule has 0 N–H and O–H groups in total. The SMILES string of the molecule is [2H]c1c([2H])c(-c2cccc3ccccc23)c([2H])c(N(c2ccccc2-c2cccc3c2OC2C=CC=CC32)c2c([2H])c([2H])c(-c3ccc(-c4ccccc4)cc3)c([2H])c2[2H])c1[2H]. The van der Waals surface area contributed by atoms with E-state index in [1.807, 2.05) is 127 Å². The second-order valence-corrected chi connectivity index (χ2v) is 13.4. The monoisotopic (exact) mass is 699 g/mol. The Kier molecular flexibility index (Phi) is 6.13. The van der Waals surface area contributed by atoms with Crippen LogP contribution in [0.3, 0.4) is 0 Å². The predicted octanol–water partition coefficient (Wildman–Crippen LogP) is 13.9. The molecule has 1 aliphatic heterocycles. The van der Waals surface area contributed by atoms with Crippen LogP contribution in [0.1, 0.15) is 22.4 Å². The Labute approximate surface area is 327 Å². The fourth-order valence-electron chi connectivity index (χ4n) is 7.57. The third kappa shape index (κ3) is 5.70. The van der Waals surface area contributed by atoms with E-state index in [0.29, 0.717) is 33.7 Å². The number of allylic oxidation sites excluding steroid dienone is 2. The molecule has 0 bridgehead atoms. The molecule has 2 unspecified atom stereocenters. The number of para-hydroxylation sites is 2. The van der Waals surface area contributed by atoms with Gasteiger partial charge in [-0.3, -0.25) is 0 Å². The summed E-state index contributed by atoms with van der Waals surface area (Å²) < 4.78 is 83.0. The third-order valence-electron chi connectivity index (χ3n) is 10.2. The average Bonchev–Trinajstić information content (AvgIpc) is 3.70. The molecule has 0 saturated carbocycles. The van der Waals surface area contributed by atoms with E-state index >= 15 is 0 Å². The largest absolute Gasteiger partial charge is 0.484 e. The van der Waals surface area contributed by atoms with Crippen LogP contribution >= 0.6 is 0 Å². The van der Waals surface area contributed by atoms with Crippen molar-refractivity contribution in [2.45, 2.75) is 12.0 Å². The second kappa shape index (κ2) is 13.6. The molecule has 256 valence electrons. The Balaban J connectivity index is 1.25. The number of anilines is 3. The molecule has 10 rings (SSSR count). The normalized spacial score (nSPS) is 17.5. The van der Waals surface area contributed by atoms with Gasteiger partial charge in [-0.25, -0.2) is 0 Å². The molecule has 0 radical (unpaired) electrons. The molecular formula is C52H37NO. The van der Waals surface area contributed by atoms with Crippen LogP contribution < -0.4 is 9.64 Å². The lowest BCUT2D eigenvalue weighted by Crippen LogP contribution is -2.15. The van der Waals surface area contributed by atoms with Crippen LogP contribution in [-0.2, 0) is 0 Å². The van der Waals surface area contributed by atoms with Crippen molar-refractivity contribution >= 4 is 27.8 Å². The van der Waals surface area contributed by atoms with Crippen LogP contribution in [0.25, 0.3) is 55.3 Å². The molecule has 8 aromatic rings. The Morgan fingerprint density at radius 2 is 1.15 bits per heavy atom. The van der Waals surface area contributed by atoms with Gasteiger partial charge in [-0.2, -0.15) is 0 Å². The summed E-state index contributed by atoms with van der Waals surface area (Å²) in [6.45, 7) is 0. The van der Waals surface area contributed by atoms with Gasteiger partial charge in [0.15, 0.2) is 0 Å². The highest BCUT2D eigenvalue weighted by atomic mass is 16.5. The lowest BCUT2D eigenvalue weighted by atomic mass is 9.90. The maximum atomic E-state index is 9.97. The minimum absolute atomic E-state index is 0.0117. The van der Waals surface area contributed by atoms with Gasteiger partial charge in [0, 0.05) is 34.0 Å².